The molecule has 0 fully saturated rings. The number of hydrogen-bond acceptors (Lipinski definition) is 4. The van der Waals surface area contributed by atoms with Crippen molar-refractivity contribution in [3.63, 3.8) is 0 Å². The highest BCUT2D eigenvalue weighted by Crippen LogP contribution is 2.30. The van der Waals surface area contributed by atoms with Crippen LogP contribution in [0.4, 0.5) is 0 Å². The monoisotopic (exact) mass is 300 g/mol. The molecule has 0 bridgehead atoms. The van der Waals surface area contributed by atoms with Gasteiger partial charge in [-0.2, -0.15) is 0 Å². The highest BCUT2D eigenvalue weighted by Gasteiger charge is 2.14. The molecule has 0 radical (unpaired) electrons. The fraction of sp³-hybridized carbons (Fsp3) is 0.500. The fourth-order valence-corrected chi connectivity index (χ4v) is 1.96. The van der Waals surface area contributed by atoms with Crippen molar-refractivity contribution in [2.75, 3.05) is 26.8 Å². The van der Waals surface area contributed by atoms with Crippen LogP contribution in [0.5, 0.6) is 11.5 Å². The number of carbonyl (C=O) groups excluding carboxylic acids is 1. The topological polar surface area (TPSA) is 59.6 Å². The van der Waals surface area contributed by atoms with E-state index in [1.54, 1.807) is 0 Å². The van der Waals surface area contributed by atoms with Crippen molar-refractivity contribution in [1.82, 2.24) is 10.6 Å². The number of fused-ring (bicyclic) bond motifs is 1. The summed E-state index contributed by atoms with van der Waals surface area (Å²) in [6.45, 7) is 4.23. The molecule has 1 amide bonds. The van der Waals surface area contributed by atoms with E-state index in [9.17, 15) is 4.79 Å². The van der Waals surface area contributed by atoms with Gasteiger partial charge < -0.3 is 20.1 Å². The molecule has 0 spiro atoms. The van der Waals surface area contributed by atoms with E-state index in [0.29, 0.717) is 26.3 Å². The second kappa shape index (κ2) is 7.97. The summed E-state index contributed by atoms with van der Waals surface area (Å²) in [5, 5.41) is 5.91. The van der Waals surface area contributed by atoms with Gasteiger partial charge in [-0.3, -0.25) is 4.79 Å². The molecule has 0 saturated carbocycles. The first-order valence-corrected chi connectivity index (χ1v) is 6.51. The van der Waals surface area contributed by atoms with E-state index < -0.39 is 0 Å². The van der Waals surface area contributed by atoms with Gasteiger partial charge in [0, 0.05) is 19.0 Å². The van der Waals surface area contributed by atoms with Gasteiger partial charge in [-0.05, 0) is 24.7 Å². The fourth-order valence-electron chi connectivity index (χ4n) is 1.96. The van der Waals surface area contributed by atoms with Crippen molar-refractivity contribution in [2.45, 2.75) is 13.5 Å². The van der Waals surface area contributed by atoms with Crippen molar-refractivity contribution in [2.24, 2.45) is 5.92 Å². The summed E-state index contributed by atoms with van der Waals surface area (Å²) in [7, 11) is 1.84. The van der Waals surface area contributed by atoms with Gasteiger partial charge in [-0.25, -0.2) is 0 Å². The second-order valence-corrected chi connectivity index (χ2v) is 4.65. The van der Waals surface area contributed by atoms with Gasteiger partial charge >= 0.3 is 0 Å². The molecule has 1 unspecified atom stereocenters. The molecule has 1 atom stereocenters. The number of benzene rings is 1. The summed E-state index contributed by atoms with van der Waals surface area (Å²) in [6.07, 6.45) is 0. The van der Waals surface area contributed by atoms with Crippen molar-refractivity contribution in [3.05, 3.63) is 23.8 Å². The Morgan fingerprint density at radius 3 is 2.70 bits per heavy atom. The Balaban J connectivity index is 0.00000200. The molecule has 0 aromatic heterocycles. The van der Waals surface area contributed by atoms with Crippen molar-refractivity contribution in [1.29, 1.82) is 0 Å². The Bertz CT molecular complexity index is 454. The predicted octanol–water partition coefficient (Wildman–Crippen LogP) is 1.35. The Hall–Kier alpha value is -1.46. The van der Waals surface area contributed by atoms with Crippen LogP contribution in [0.3, 0.4) is 0 Å². The molecule has 2 rings (SSSR count). The molecule has 1 aromatic rings. The predicted molar refractivity (Wildman–Crippen MR) is 79.6 cm³/mol. The minimum atomic E-state index is -0.0396. The van der Waals surface area contributed by atoms with E-state index in [-0.39, 0.29) is 24.2 Å². The van der Waals surface area contributed by atoms with Gasteiger partial charge in [-0.15, -0.1) is 12.4 Å². The summed E-state index contributed by atoms with van der Waals surface area (Å²) < 4.78 is 11.0. The van der Waals surface area contributed by atoms with E-state index in [4.69, 9.17) is 9.47 Å². The third-order valence-electron chi connectivity index (χ3n) is 3.03. The first-order valence-electron chi connectivity index (χ1n) is 6.51. The first kappa shape index (κ1) is 16.6. The zero-order chi connectivity index (χ0) is 13.7. The lowest BCUT2D eigenvalue weighted by atomic mass is 10.1. The normalized spacial score (nSPS) is 14.1. The summed E-state index contributed by atoms with van der Waals surface area (Å²) in [6, 6.07) is 5.74. The van der Waals surface area contributed by atoms with Gasteiger partial charge in [0.25, 0.3) is 0 Å². The highest BCUT2D eigenvalue weighted by atomic mass is 35.5. The van der Waals surface area contributed by atoms with Gasteiger partial charge in [-0.1, -0.05) is 13.0 Å². The molecule has 1 heterocycles. The number of carbonyl (C=O) groups is 1. The molecule has 1 aliphatic rings. The molecule has 20 heavy (non-hydrogen) atoms. The number of rotatable bonds is 5. The average molecular weight is 301 g/mol. The minimum absolute atomic E-state index is 0. The van der Waals surface area contributed by atoms with E-state index >= 15 is 0 Å². The Morgan fingerprint density at radius 2 is 2.00 bits per heavy atom. The van der Waals surface area contributed by atoms with E-state index in [0.717, 1.165) is 17.1 Å². The highest BCUT2D eigenvalue weighted by molar-refractivity contribution is 5.85. The van der Waals surface area contributed by atoms with E-state index in [1.807, 2.05) is 32.2 Å². The Kier molecular flexibility index (Phi) is 6.61. The first-order chi connectivity index (χ1) is 9.20. The van der Waals surface area contributed by atoms with Crippen LogP contribution in [-0.4, -0.2) is 32.7 Å². The van der Waals surface area contributed by atoms with Crippen molar-refractivity contribution < 1.29 is 14.3 Å². The third kappa shape index (κ3) is 4.28. The van der Waals surface area contributed by atoms with Crippen LogP contribution < -0.4 is 20.1 Å². The molecule has 0 saturated heterocycles. The molecule has 5 nitrogen and oxygen atoms in total. The van der Waals surface area contributed by atoms with Crippen LogP contribution in [-0.2, 0) is 11.3 Å². The van der Waals surface area contributed by atoms with Crippen LogP contribution >= 0.6 is 12.4 Å². The van der Waals surface area contributed by atoms with E-state index in [2.05, 4.69) is 10.6 Å². The maximum absolute atomic E-state index is 11.8. The SMILES string of the molecule is CNCC(C)C(=O)NCc1ccc2c(c1)OCCO2.Cl. The van der Waals surface area contributed by atoms with Crippen LogP contribution in [0.1, 0.15) is 12.5 Å². The minimum Gasteiger partial charge on any atom is -0.486 e. The van der Waals surface area contributed by atoms with Crippen LogP contribution in [0.25, 0.3) is 0 Å². The van der Waals surface area contributed by atoms with Gasteiger partial charge in [0.15, 0.2) is 11.5 Å². The Labute approximate surface area is 125 Å². The maximum Gasteiger partial charge on any atom is 0.224 e. The summed E-state index contributed by atoms with van der Waals surface area (Å²) >= 11 is 0. The third-order valence-corrected chi connectivity index (χ3v) is 3.03. The molecule has 2 N–H and O–H groups in total. The number of hydrogen-bond donors (Lipinski definition) is 2. The number of ether oxygens (including phenoxy) is 2. The molecule has 0 aliphatic carbocycles. The van der Waals surface area contributed by atoms with Crippen molar-refractivity contribution in [3.8, 4) is 11.5 Å². The lowest BCUT2D eigenvalue weighted by Crippen LogP contribution is -2.33. The second-order valence-electron chi connectivity index (χ2n) is 4.65. The lowest BCUT2D eigenvalue weighted by Gasteiger charge is -2.19. The molecular weight excluding hydrogens is 280 g/mol. The summed E-state index contributed by atoms with van der Waals surface area (Å²) in [5.41, 5.74) is 1.01. The number of halogens is 1. The van der Waals surface area contributed by atoms with Gasteiger partial charge in [0.1, 0.15) is 13.2 Å². The van der Waals surface area contributed by atoms with Crippen LogP contribution in [0.2, 0.25) is 0 Å². The lowest BCUT2D eigenvalue weighted by molar-refractivity contribution is -0.124. The smallest absolute Gasteiger partial charge is 0.224 e. The molecule has 6 heteroatoms. The van der Waals surface area contributed by atoms with Gasteiger partial charge in [0.05, 0.1) is 0 Å². The zero-order valence-corrected chi connectivity index (χ0v) is 12.6. The zero-order valence-electron chi connectivity index (χ0n) is 11.8. The number of nitrogens with one attached hydrogen (secondary N) is 2. The molecule has 112 valence electrons. The van der Waals surface area contributed by atoms with Crippen LogP contribution in [0, 0.1) is 5.92 Å². The average Bonchev–Trinajstić information content (AvgIpc) is 2.44. The maximum atomic E-state index is 11.8. The standard InChI is InChI=1S/C14H20N2O3.ClH/c1-10(8-15-2)14(17)16-9-11-3-4-12-13(7-11)19-6-5-18-12;/h3-4,7,10,15H,5-6,8-9H2,1-2H3,(H,16,17);1H. The van der Waals surface area contributed by atoms with Crippen molar-refractivity contribution >= 4 is 18.3 Å². The van der Waals surface area contributed by atoms with Crippen LogP contribution in [0.15, 0.2) is 18.2 Å². The molecule has 1 aromatic carbocycles. The largest absolute Gasteiger partial charge is 0.486 e. The quantitative estimate of drug-likeness (QED) is 0.862. The molecular formula is C14H21ClN2O3. The number of amides is 1. The van der Waals surface area contributed by atoms with Gasteiger partial charge in [0.2, 0.25) is 5.91 Å². The summed E-state index contributed by atoms with van der Waals surface area (Å²) in [5.74, 6) is 1.53. The van der Waals surface area contributed by atoms with E-state index in [1.165, 1.54) is 0 Å². The Morgan fingerprint density at radius 1 is 1.30 bits per heavy atom. The molecule has 1 aliphatic heterocycles. The summed E-state index contributed by atoms with van der Waals surface area (Å²) in [4.78, 5) is 11.8.